The molecule has 32 heavy (non-hydrogen) atoms. The van der Waals surface area contributed by atoms with Gasteiger partial charge < -0.3 is 14.2 Å². The molecule has 1 unspecified atom stereocenters. The fraction of sp³-hybridized carbons (Fsp3) is 0.650. The Labute approximate surface area is 186 Å². The van der Waals surface area contributed by atoms with E-state index in [1.54, 1.807) is 0 Å². The monoisotopic (exact) mass is 468 g/mol. The normalized spacial score (nSPS) is 16.1. The molecular weight excluding hydrogens is 440 g/mol. The number of carbonyl (C=O) groups excluding carboxylic acids is 1. The van der Waals surface area contributed by atoms with Gasteiger partial charge in [0.05, 0.1) is 6.42 Å². The molecule has 0 radical (unpaired) electrons. The van der Waals surface area contributed by atoms with Crippen LogP contribution in [0.25, 0.3) is 0 Å². The molecule has 2 aromatic heterocycles. The maximum absolute atomic E-state index is 12.5. The Morgan fingerprint density at radius 3 is 2.50 bits per heavy atom. The Morgan fingerprint density at radius 1 is 1.16 bits per heavy atom. The Morgan fingerprint density at radius 2 is 1.88 bits per heavy atom. The number of carboxylic acid groups (broad SMARTS) is 1. The highest BCUT2D eigenvalue weighted by molar-refractivity contribution is 7.90. The summed E-state index contributed by atoms with van der Waals surface area (Å²) < 4.78 is 36.8. The van der Waals surface area contributed by atoms with Crippen molar-refractivity contribution in [1.82, 2.24) is 20.0 Å². The third-order valence-corrected chi connectivity index (χ3v) is 7.34. The van der Waals surface area contributed by atoms with Crippen molar-refractivity contribution in [2.24, 2.45) is 5.92 Å². The molecule has 2 aromatic rings. The number of amides is 1. The van der Waals surface area contributed by atoms with Crippen LogP contribution in [0.4, 0.5) is 0 Å². The van der Waals surface area contributed by atoms with Crippen LogP contribution in [-0.2, 0) is 14.8 Å². The number of aromatic nitrogens is 3. The van der Waals surface area contributed by atoms with Crippen LogP contribution in [0.2, 0.25) is 0 Å². The number of carbonyl (C=O) groups is 2. The molecule has 0 saturated heterocycles. The van der Waals surface area contributed by atoms with Gasteiger partial charge in [0, 0.05) is 5.92 Å². The van der Waals surface area contributed by atoms with E-state index in [0.29, 0.717) is 12.3 Å². The standard InChI is InChI=1S/C20H28N4O7S/c1-12-17(13(2)30-22-12)32(28,29)24-19(27)18-21-20(31-23-18)15(11-16(25)26)10-6-9-14-7-4-3-5-8-14/h14-15H,3-11H2,1-2H3,(H,24,27)(H,25,26). The first-order valence-electron chi connectivity index (χ1n) is 10.7. The van der Waals surface area contributed by atoms with Gasteiger partial charge in [-0.25, -0.2) is 13.1 Å². The van der Waals surface area contributed by atoms with Crippen molar-refractivity contribution in [3.8, 4) is 0 Å². The molecule has 1 atom stereocenters. The van der Waals surface area contributed by atoms with Crippen LogP contribution in [0, 0.1) is 19.8 Å². The number of aryl methyl sites for hydroxylation is 2. The maximum Gasteiger partial charge on any atom is 0.306 e. The highest BCUT2D eigenvalue weighted by atomic mass is 32.2. The molecule has 176 valence electrons. The van der Waals surface area contributed by atoms with Crippen molar-refractivity contribution in [3.63, 3.8) is 0 Å². The number of hydrogen-bond acceptors (Lipinski definition) is 9. The first kappa shape index (κ1) is 23.9. The van der Waals surface area contributed by atoms with Crippen LogP contribution in [0.5, 0.6) is 0 Å². The van der Waals surface area contributed by atoms with E-state index < -0.39 is 33.6 Å². The highest BCUT2D eigenvalue weighted by Gasteiger charge is 2.30. The van der Waals surface area contributed by atoms with E-state index in [4.69, 9.17) is 9.05 Å². The first-order chi connectivity index (χ1) is 15.2. The summed E-state index contributed by atoms with van der Waals surface area (Å²) in [6.07, 6.45) is 8.29. The number of nitrogens with one attached hydrogen (secondary N) is 1. The number of hydrogen-bond donors (Lipinski definition) is 2. The number of nitrogens with zero attached hydrogens (tertiary/aromatic N) is 3. The third-order valence-electron chi connectivity index (χ3n) is 5.77. The molecule has 11 nitrogen and oxygen atoms in total. The molecule has 2 N–H and O–H groups in total. The van der Waals surface area contributed by atoms with E-state index in [1.165, 1.54) is 46.0 Å². The van der Waals surface area contributed by atoms with Crippen molar-refractivity contribution < 1.29 is 32.2 Å². The van der Waals surface area contributed by atoms with E-state index in [2.05, 4.69) is 15.3 Å². The Hall–Kier alpha value is -2.76. The minimum atomic E-state index is -4.25. The minimum absolute atomic E-state index is 0.0101. The summed E-state index contributed by atoms with van der Waals surface area (Å²) in [5, 5.41) is 16.4. The van der Waals surface area contributed by atoms with E-state index >= 15 is 0 Å². The van der Waals surface area contributed by atoms with Crippen LogP contribution in [0.15, 0.2) is 13.9 Å². The van der Waals surface area contributed by atoms with Crippen LogP contribution in [0.3, 0.4) is 0 Å². The topological polar surface area (TPSA) is 165 Å². The number of aliphatic carboxylic acids is 1. The van der Waals surface area contributed by atoms with Gasteiger partial charge >= 0.3 is 11.9 Å². The van der Waals surface area contributed by atoms with E-state index in [0.717, 1.165) is 12.8 Å². The lowest BCUT2D eigenvalue weighted by Gasteiger charge is -2.21. The largest absolute Gasteiger partial charge is 0.481 e. The lowest BCUT2D eigenvalue weighted by molar-refractivity contribution is -0.137. The fourth-order valence-electron chi connectivity index (χ4n) is 4.22. The smallest absolute Gasteiger partial charge is 0.306 e. The Balaban J connectivity index is 1.66. The third kappa shape index (κ3) is 5.93. The molecule has 1 saturated carbocycles. The summed E-state index contributed by atoms with van der Waals surface area (Å²) in [5.41, 5.74) is 0.107. The molecule has 0 bridgehead atoms. The van der Waals surface area contributed by atoms with Gasteiger partial charge in [-0.1, -0.05) is 55.3 Å². The molecule has 1 amide bonds. The van der Waals surface area contributed by atoms with Crippen LogP contribution in [0.1, 0.15) is 91.7 Å². The van der Waals surface area contributed by atoms with Gasteiger partial charge in [-0.05, 0) is 26.2 Å². The van der Waals surface area contributed by atoms with Gasteiger partial charge in [0.25, 0.3) is 15.8 Å². The summed E-state index contributed by atoms with van der Waals surface area (Å²) in [5.74, 6) is -2.43. The Kier molecular flexibility index (Phi) is 7.64. The zero-order valence-electron chi connectivity index (χ0n) is 18.2. The van der Waals surface area contributed by atoms with Crippen LogP contribution < -0.4 is 4.72 Å². The fourth-order valence-corrected chi connectivity index (χ4v) is 5.50. The van der Waals surface area contributed by atoms with E-state index in [1.807, 2.05) is 4.72 Å². The Bertz CT molecular complexity index is 1030. The molecule has 2 heterocycles. The minimum Gasteiger partial charge on any atom is -0.481 e. The molecule has 1 aliphatic carbocycles. The number of sulfonamides is 1. The quantitative estimate of drug-likeness (QED) is 0.529. The van der Waals surface area contributed by atoms with Gasteiger partial charge in [-0.3, -0.25) is 9.59 Å². The number of rotatable bonds is 10. The second-order valence-corrected chi connectivity index (χ2v) is 9.89. The van der Waals surface area contributed by atoms with Crippen molar-refractivity contribution in [2.45, 2.75) is 82.4 Å². The lowest BCUT2D eigenvalue weighted by atomic mass is 9.84. The summed E-state index contributed by atoms with van der Waals surface area (Å²) in [4.78, 5) is 27.5. The average molecular weight is 469 g/mol. The zero-order chi connectivity index (χ0) is 23.3. The van der Waals surface area contributed by atoms with Crippen LogP contribution >= 0.6 is 0 Å². The van der Waals surface area contributed by atoms with Crippen molar-refractivity contribution >= 4 is 21.9 Å². The molecule has 0 aromatic carbocycles. The molecule has 3 rings (SSSR count). The maximum atomic E-state index is 12.5. The summed E-state index contributed by atoms with van der Waals surface area (Å²) in [6, 6.07) is 0. The molecular formula is C20H28N4O7S. The lowest BCUT2D eigenvalue weighted by Crippen LogP contribution is -2.32. The second kappa shape index (κ2) is 10.2. The molecule has 1 fully saturated rings. The summed E-state index contributed by atoms with van der Waals surface area (Å²) >= 11 is 0. The van der Waals surface area contributed by atoms with Gasteiger partial charge in [0.1, 0.15) is 5.69 Å². The molecule has 0 spiro atoms. The first-order valence-corrected chi connectivity index (χ1v) is 12.2. The van der Waals surface area contributed by atoms with Gasteiger partial charge in [0.2, 0.25) is 5.89 Å². The zero-order valence-corrected chi connectivity index (χ0v) is 19.0. The van der Waals surface area contributed by atoms with Gasteiger partial charge in [-0.2, -0.15) is 4.98 Å². The highest BCUT2D eigenvalue weighted by Crippen LogP contribution is 2.31. The van der Waals surface area contributed by atoms with Gasteiger partial charge in [-0.15, -0.1) is 0 Å². The second-order valence-electron chi connectivity index (χ2n) is 8.27. The van der Waals surface area contributed by atoms with Crippen LogP contribution in [-0.4, -0.2) is 40.7 Å². The predicted molar refractivity (Wildman–Crippen MR) is 110 cm³/mol. The van der Waals surface area contributed by atoms with E-state index in [9.17, 15) is 23.1 Å². The molecule has 1 aliphatic rings. The SMILES string of the molecule is Cc1noc(C)c1S(=O)(=O)NC(=O)c1noc(C(CCCC2CCCCC2)CC(=O)O)n1. The van der Waals surface area contributed by atoms with Gasteiger partial charge in [0.15, 0.2) is 10.7 Å². The summed E-state index contributed by atoms with van der Waals surface area (Å²) in [6.45, 7) is 2.85. The van der Waals surface area contributed by atoms with Crippen molar-refractivity contribution in [2.75, 3.05) is 0 Å². The predicted octanol–water partition coefficient (Wildman–Crippen LogP) is 3.10. The average Bonchev–Trinajstić information content (AvgIpc) is 3.34. The molecule has 12 heteroatoms. The van der Waals surface area contributed by atoms with Crippen molar-refractivity contribution in [1.29, 1.82) is 0 Å². The van der Waals surface area contributed by atoms with Crippen molar-refractivity contribution in [3.05, 3.63) is 23.2 Å². The molecule has 0 aliphatic heterocycles. The summed E-state index contributed by atoms with van der Waals surface area (Å²) in [7, 11) is -4.25. The van der Waals surface area contributed by atoms with E-state index in [-0.39, 0.29) is 28.7 Å². The number of carboxylic acids is 1.